The number of phenolic OH excluding ortho intramolecular Hbond substituents is 1. The second-order valence-electron chi connectivity index (χ2n) is 3.27. The Morgan fingerprint density at radius 3 is 1.95 bits per heavy atom. The molecule has 0 aliphatic carbocycles. The van der Waals surface area contributed by atoms with Gasteiger partial charge in [-0.15, -0.1) is 0 Å². The number of carbonyl (C=O) groups is 2. The molecule has 6 N–H and O–H groups in total. The number of anilines is 1. The summed E-state index contributed by atoms with van der Waals surface area (Å²) in [4.78, 5) is 18.0. The molecule has 0 bridgehead atoms. The number of aliphatic carboxylic acids is 2. The molecule has 0 radical (unpaired) electrons. The molecule has 0 aromatic heterocycles. The molecule has 1 aromatic rings. The molecule has 0 unspecified atom stereocenters. The Hall–Kier alpha value is -2.28. The molecular weight excluding hydrogens is 252 g/mol. The van der Waals surface area contributed by atoms with Gasteiger partial charge in [0.25, 0.3) is 11.9 Å². The fourth-order valence-electron chi connectivity index (χ4n) is 0.830. The number of rotatable bonds is 3. The van der Waals surface area contributed by atoms with E-state index in [0.717, 1.165) is 19.5 Å². The summed E-state index contributed by atoms with van der Waals surface area (Å²) in [7, 11) is 0. The lowest BCUT2D eigenvalue weighted by atomic mass is 10.3. The second kappa shape index (κ2) is 12.2. The number of carboxylic acid groups (broad SMARTS) is 2. The van der Waals surface area contributed by atoms with Crippen LogP contribution in [0.4, 0.5) is 5.69 Å². The van der Waals surface area contributed by atoms with Crippen LogP contribution in [0.25, 0.3) is 0 Å². The highest BCUT2D eigenvalue weighted by molar-refractivity contribution is 5.63. The number of benzene rings is 1. The molecule has 0 fully saturated rings. The van der Waals surface area contributed by atoms with Crippen molar-refractivity contribution in [1.29, 1.82) is 0 Å². The largest absolute Gasteiger partial charge is 0.506 e. The van der Waals surface area contributed by atoms with Crippen molar-refractivity contribution in [2.45, 2.75) is 13.8 Å². The van der Waals surface area contributed by atoms with Gasteiger partial charge in [-0.2, -0.15) is 0 Å². The fourth-order valence-corrected chi connectivity index (χ4v) is 0.830. The number of para-hydroxylation sites is 2. The first-order valence-corrected chi connectivity index (χ1v) is 5.42. The summed E-state index contributed by atoms with van der Waals surface area (Å²) >= 11 is 0. The quantitative estimate of drug-likeness (QED) is 0.517. The standard InChI is InChI=1S/C8H12N2O.2C2H4O2/c9-5-6-10-7-3-1-2-4-8(7)11;2*1-2(3)4/h1-4,10-11H,5-6,9H2;2*1H3,(H,3,4). The predicted octanol–water partition coefficient (Wildman–Crippen LogP) is 0.945. The van der Waals surface area contributed by atoms with Crippen LogP contribution in [0.3, 0.4) is 0 Å². The van der Waals surface area contributed by atoms with E-state index in [0.29, 0.717) is 13.1 Å². The van der Waals surface area contributed by atoms with Crippen molar-refractivity contribution in [2.75, 3.05) is 18.4 Å². The van der Waals surface area contributed by atoms with Crippen LogP contribution in [-0.4, -0.2) is 40.3 Å². The topological polar surface area (TPSA) is 133 Å². The van der Waals surface area contributed by atoms with Crippen LogP contribution in [-0.2, 0) is 9.59 Å². The lowest BCUT2D eigenvalue weighted by Gasteiger charge is -2.05. The molecule has 0 saturated carbocycles. The van der Waals surface area contributed by atoms with E-state index < -0.39 is 11.9 Å². The van der Waals surface area contributed by atoms with Crippen molar-refractivity contribution in [3.05, 3.63) is 24.3 Å². The zero-order valence-electron chi connectivity index (χ0n) is 11.0. The molecule has 108 valence electrons. The van der Waals surface area contributed by atoms with Crippen molar-refractivity contribution in [1.82, 2.24) is 0 Å². The Morgan fingerprint density at radius 1 is 1.16 bits per heavy atom. The molecule has 7 heteroatoms. The number of carboxylic acids is 2. The molecule has 0 amide bonds. The maximum atomic E-state index is 9.23. The number of nitrogens with one attached hydrogen (secondary N) is 1. The highest BCUT2D eigenvalue weighted by Gasteiger charge is 1.95. The Balaban J connectivity index is 0. The Labute approximate surface area is 111 Å². The van der Waals surface area contributed by atoms with Crippen molar-refractivity contribution >= 4 is 17.6 Å². The van der Waals surface area contributed by atoms with Gasteiger partial charge < -0.3 is 26.4 Å². The molecule has 0 atom stereocenters. The van der Waals surface area contributed by atoms with E-state index in [-0.39, 0.29) is 5.75 Å². The summed E-state index contributed by atoms with van der Waals surface area (Å²) in [6.45, 7) is 3.41. The lowest BCUT2D eigenvalue weighted by molar-refractivity contribution is -0.135. The zero-order chi connectivity index (χ0) is 15.3. The Morgan fingerprint density at radius 2 is 1.58 bits per heavy atom. The molecule has 1 rings (SSSR count). The van der Waals surface area contributed by atoms with Crippen LogP contribution in [0.15, 0.2) is 24.3 Å². The van der Waals surface area contributed by atoms with E-state index >= 15 is 0 Å². The molecular formula is C12H20N2O5. The monoisotopic (exact) mass is 272 g/mol. The maximum absolute atomic E-state index is 9.23. The van der Waals surface area contributed by atoms with E-state index in [1.807, 2.05) is 12.1 Å². The highest BCUT2D eigenvalue weighted by atomic mass is 16.4. The van der Waals surface area contributed by atoms with Crippen LogP contribution in [0.1, 0.15) is 13.8 Å². The van der Waals surface area contributed by atoms with Crippen LogP contribution in [0.2, 0.25) is 0 Å². The molecule has 19 heavy (non-hydrogen) atoms. The minimum absolute atomic E-state index is 0.265. The van der Waals surface area contributed by atoms with E-state index in [1.165, 1.54) is 0 Å². The highest BCUT2D eigenvalue weighted by Crippen LogP contribution is 2.20. The average molecular weight is 272 g/mol. The normalized spacial score (nSPS) is 8.16. The Kier molecular flexibility index (Phi) is 12.2. The van der Waals surface area contributed by atoms with Crippen molar-refractivity contribution < 1.29 is 24.9 Å². The van der Waals surface area contributed by atoms with Crippen molar-refractivity contribution in [2.24, 2.45) is 5.73 Å². The molecule has 0 saturated heterocycles. The minimum Gasteiger partial charge on any atom is -0.506 e. The fraction of sp³-hybridized carbons (Fsp3) is 0.333. The maximum Gasteiger partial charge on any atom is 0.300 e. The SMILES string of the molecule is CC(=O)O.CC(=O)O.NCCNc1ccccc1O. The number of phenols is 1. The van der Waals surface area contributed by atoms with Gasteiger partial charge in [-0.05, 0) is 12.1 Å². The number of hydrogen-bond donors (Lipinski definition) is 5. The van der Waals surface area contributed by atoms with Gasteiger partial charge in [-0.3, -0.25) is 9.59 Å². The minimum atomic E-state index is -0.833. The van der Waals surface area contributed by atoms with E-state index in [1.54, 1.807) is 12.1 Å². The summed E-state index contributed by atoms with van der Waals surface area (Å²) in [6.07, 6.45) is 0. The zero-order valence-corrected chi connectivity index (χ0v) is 11.0. The third kappa shape index (κ3) is 18.3. The molecule has 0 aliphatic heterocycles. The Bertz CT molecular complexity index is 362. The van der Waals surface area contributed by atoms with Gasteiger partial charge in [-0.1, -0.05) is 12.1 Å². The summed E-state index contributed by atoms with van der Waals surface area (Å²) < 4.78 is 0. The van der Waals surface area contributed by atoms with Crippen molar-refractivity contribution in [3.63, 3.8) is 0 Å². The molecule has 0 spiro atoms. The van der Waals surface area contributed by atoms with Gasteiger partial charge in [0.05, 0.1) is 5.69 Å². The van der Waals surface area contributed by atoms with Crippen LogP contribution >= 0.6 is 0 Å². The van der Waals surface area contributed by atoms with Gasteiger partial charge >= 0.3 is 0 Å². The molecule has 1 aromatic carbocycles. The van der Waals surface area contributed by atoms with Gasteiger partial charge in [0, 0.05) is 26.9 Å². The average Bonchev–Trinajstić information content (AvgIpc) is 2.26. The smallest absolute Gasteiger partial charge is 0.300 e. The summed E-state index contributed by atoms with van der Waals surface area (Å²) in [6, 6.07) is 7.09. The van der Waals surface area contributed by atoms with E-state index in [2.05, 4.69) is 5.32 Å². The first-order chi connectivity index (χ1) is 8.81. The summed E-state index contributed by atoms with van der Waals surface area (Å²) in [5.41, 5.74) is 6.02. The van der Waals surface area contributed by atoms with Crippen molar-refractivity contribution in [3.8, 4) is 5.75 Å². The number of aromatic hydroxyl groups is 1. The predicted molar refractivity (Wildman–Crippen MR) is 72.3 cm³/mol. The molecule has 0 aliphatic rings. The lowest BCUT2D eigenvalue weighted by Crippen LogP contribution is -2.12. The molecule has 0 heterocycles. The summed E-state index contributed by atoms with van der Waals surface area (Å²) in [5, 5.41) is 27.1. The first-order valence-electron chi connectivity index (χ1n) is 5.42. The third-order valence-electron chi connectivity index (χ3n) is 1.36. The van der Waals surface area contributed by atoms with Gasteiger partial charge in [0.1, 0.15) is 5.75 Å². The summed E-state index contributed by atoms with van der Waals surface area (Å²) in [5.74, 6) is -1.40. The number of nitrogens with two attached hydrogens (primary N) is 1. The van der Waals surface area contributed by atoms with Gasteiger partial charge in [-0.25, -0.2) is 0 Å². The molecule has 7 nitrogen and oxygen atoms in total. The van der Waals surface area contributed by atoms with E-state index in [4.69, 9.17) is 25.5 Å². The van der Waals surface area contributed by atoms with E-state index in [9.17, 15) is 5.11 Å². The second-order valence-corrected chi connectivity index (χ2v) is 3.27. The van der Waals surface area contributed by atoms with Crippen LogP contribution < -0.4 is 11.1 Å². The first kappa shape index (κ1) is 19.1. The van der Waals surface area contributed by atoms with Gasteiger partial charge in [0.15, 0.2) is 0 Å². The van der Waals surface area contributed by atoms with Crippen LogP contribution in [0, 0.1) is 0 Å². The third-order valence-corrected chi connectivity index (χ3v) is 1.36. The number of hydrogen-bond acceptors (Lipinski definition) is 5. The van der Waals surface area contributed by atoms with Crippen LogP contribution in [0.5, 0.6) is 5.75 Å². The van der Waals surface area contributed by atoms with Gasteiger partial charge in [0.2, 0.25) is 0 Å².